The van der Waals surface area contributed by atoms with Crippen LogP contribution in [0, 0.1) is 16.0 Å². The molecule has 0 N–H and O–H groups in total. The molecule has 1 saturated heterocycles. The van der Waals surface area contributed by atoms with E-state index in [4.69, 9.17) is 0 Å². The van der Waals surface area contributed by atoms with Crippen molar-refractivity contribution in [2.75, 3.05) is 26.2 Å². The lowest BCUT2D eigenvalue weighted by Gasteiger charge is -2.31. The highest BCUT2D eigenvalue weighted by Crippen LogP contribution is 2.27. The summed E-state index contributed by atoms with van der Waals surface area (Å²) >= 11 is 0. The lowest BCUT2D eigenvalue weighted by molar-refractivity contribution is -0.385. The Bertz CT molecular complexity index is 1270. The number of hydrogen-bond acceptors (Lipinski definition) is 5. The molecule has 1 fully saturated rings. The maximum Gasteiger partial charge on any atom is 0.273 e. The molecule has 3 aromatic carbocycles. The second kappa shape index (κ2) is 13.1. The van der Waals surface area contributed by atoms with Crippen LogP contribution in [0.25, 0.3) is 0 Å². The molecule has 2 heterocycles. The Balaban J connectivity index is 1.05. The number of benzene rings is 3. The second-order valence-corrected chi connectivity index (χ2v) is 11.2. The minimum Gasteiger partial charge on any atom is -0.299 e. The molecule has 6 heteroatoms. The van der Waals surface area contributed by atoms with E-state index in [1.807, 2.05) is 18.2 Å². The van der Waals surface area contributed by atoms with Gasteiger partial charge in [0.1, 0.15) is 0 Å². The van der Waals surface area contributed by atoms with Gasteiger partial charge in [-0.05, 0) is 80.3 Å². The highest BCUT2D eigenvalue weighted by Gasteiger charge is 2.22. The number of fused-ring (bicyclic) bond motifs is 1. The van der Waals surface area contributed by atoms with Gasteiger partial charge in [-0.1, -0.05) is 60.7 Å². The lowest BCUT2D eigenvalue weighted by atomic mass is 9.90. The molecule has 0 amide bonds. The SMILES string of the molecule is O=C(CCCC1CCN(Cc2ccccc2[N+](=O)[O-])CC1)c1ccc2c(c1)CCN(Cc1ccccc1)CC2. The molecule has 2 aliphatic heterocycles. The van der Waals surface area contributed by atoms with Gasteiger partial charge in [-0.2, -0.15) is 0 Å². The number of carbonyl (C=O) groups excluding carboxylic acids is 1. The molecule has 2 aliphatic rings. The van der Waals surface area contributed by atoms with Gasteiger partial charge >= 0.3 is 0 Å². The Kier molecular flexibility index (Phi) is 9.17. The Labute approximate surface area is 231 Å². The first-order valence-electron chi connectivity index (χ1n) is 14.4. The summed E-state index contributed by atoms with van der Waals surface area (Å²) in [5, 5.41) is 11.3. The smallest absolute Gasteiger partial charge is 0.273 e. The zero-order chi connectivity index (χ0) is 27.0. The molecule has 0 bridgehead atoms. The molecule has 0 aliphatic carbocycles. The van der Waals surface area contributed by atoms with Crippen LogP contribution in [-0.2, 0) is 25.9 Å². The second-order valence-electron chi connectivity index (χ2n) is 11.2. The van der Waals surface area contributed by atoms with Crippen LogP contribution in [0.3, 0.4) is 0 Å². The summed E-state index contributed by atoms with van der Waals surface area (Å²) < 4.78 is 0. The summed E-state index contributed by atoms with van der Waals surface area (Å²) in [5.74, 6) is 0.888. The summed E-state index contributed by atoms with van der Waals surface area (Å²) in [6.45, 7) is 5.59. The van der Waals surface area contributed by atoms with Crippen molar-refractivity contribution >= 4 is 11.5 Å². The largest absolute Gasteiger partial charge is 0.299 e. The molecule has 6 nitrogen and oxygen atoms in total. The van der Waals surface area contributed by atoms with E-state index in [2.05, 4.69) is 52.3 Å². The van der Waals surface area contributed by atoms with Crippen molar-refractivity contribution in [3.63, 3.8) is 0 Å². The van der Waals surface area contributed by atoms with E-state index in [0.717, 1.165) is 82.4 Å². The van der Waals surface area contributed by atoms with Gasteiger partial charge in [-0.3, -0.25) is 24.7 Å². The first-order chi connectivity index (χ1) is 19.0. The number of carbonyl (C=O) groups is 1. The monoisotopic (exact) mass is 525 g/mol. The fourth-order valence-electron chi connectivity index (χ4n) is 6.14. The Morgan fingerprint density at radius 3 is 2.28 bits per heavy atom. The van der Waals surface area contributed by atoms with Gasteiger partial charge in [-0.25, -0.2) is 0 Å². The quantitative estimate of drug-likeness (QED) is 0.173. The third-order valence-corrected chi connectivity index (χ3v) is 8.48. The average Bonchev–Trinajstić information content (AvgIpc) is 3.16. The third kappa shape index (κ3) is 7.40. The van der Waals surface area contributed by atoms with Crippen LogP contribution in [0.2, 0.25) is 0 Å². The first kappa shape index (κ1) is 27.2. The van der Waals surface area contributed by atoms with Crippen LogP contribution in [0.4, 0.5) is 5.69 Å². The number of nitro benzene ring substituents is 1. The molecule has 0 spiro atoms. The molecule has 0 saturated carbocycles. The van der Waals surface area contributed by atoms with Crippen LogP contribution >= 0.6 is 0 Å². The van der Waals surface area contributed by atoms with Gasteiger partial charge in [0.2, 0.25) is 0 Å². The Morgan fingerprint density at radius 1 is 0.821 bits per heavy atom. The van der Waals surface area contributed by atoms with Crippen molar-refractivity contribution in [3.05, 3.63) is 111 Å². The Hall–Kier alpha value is -3.35. The van der Waals surface area contributed by atoms with E-state index in [1.165, 1.54) is 16.7 Å². The highest BCUT2D eigenvalue weighted by molar-refractivity contribution is 5.96. The van der Waals surface area contributed by atoms with Crippen molar-refractivity contribution in [1.82, 2.24) is 9.80 Å². The van der Waals surface area contributed by atoms with Crippen LogP contribution in [0.15, 0.2) is 72.8 Å². The minimum atomic E-state index is -0.288. The van der Waals surface area contributed by atoms with Crippen molar-refractivity contribution in [3.8, 4) is 0 Å². The first-order valence-corrected chi connectivity index (χ1v) is 14.4. The molecular weight excluding hydrogens is 486 g/mol. The third-order valence-electron chi connectivity index (χ3n) is 8.48. The number of piperidine rings is 1. The number of nitro groups is 1. The number of ketones is 1. The van der Waals surface area contributed by atoms with Gasteiger partial charge < -0.3 is 0 Å². The summed E-state index contributed by atoms with van der Waals surface area (Å²) in [6, 6.07) is 24.1. The van der Waals surface area contributed by atoms with Crippen molar-refractivity contribution in [1.29, 1.82) is 0 Å². The topological polar surface area (TPSA) is 66.7 Å². The van der Waals surface area contributed by atoms with Gasteiger partial charge in [0.15, 0.2) is 5.78 Å². The van der Waals surface area contributed by atoms with Crippen LogP contribution in [0.1, 0.15) is 64.7 Å². The fraction of sp³-hybridized carbons (Fsp3) is 0.424. The van der Waals surface area contributed by atoms with E-state index < -0.39 is 0 Å². The average molecular weight is 526 g/mol. The summed E-state index contributed by atoms with van der Waals surface area (Å²) in [4.78, 5) is 28.9. The van der Waals surface area contributed by atoms with Crippen molar-refractivity contribution < 1.29 is 9.72 Å². The molecule has 0 radical (unpaired) electrons. The maximum absolute atomic E-state index is 13.0. The normalized spacial score (nSPS) is 16.9. The van der Waals surface area contributed by atoms with Crippen molar-refractivity contribution in [2.45, 2.75) is 58.0 Å². The molecule has 5 rings (SSSR count). The van der Waals surface area contributed by atoms with E-state index in [0.29, 0.717) is 18.9 Å². The maximum atomic E-state index is 13.0. The fourth-order valence-corrected chi connectivity index (χ4v) is 6.14. The zero-order valence-corrected chi connectivity index (χ0v) is 22.8. The van der Waals surface area contributed by atoms with Crippen LogP contribution in [-0.4, -0.2) is 46.7 Å². The molecule has 0 atom stereocenters. The van der Waals surface area contributed by atoms with Crippen molar-refractivity contribution in [2.24, 2.45) is 5.92 Å². The van der Waals surface area contributed by atoms with Gasteiger partial charge in [0.05, 0.1) is 4.92 Å². The molecule has 0 unspecified atom stereocenters. The van der Waals surface area contributed by atoms with Gasteiger partial charge in [-0.15, -0.1) is 0 Å². The van der Waals surface area contributed by atoms with Gasteiger partial charge in [0, 0.05) is 49.8 Å². The Morgan fingerprint density at radius 2 is 1.51 bits per heavy atom. The summed E-state index contributed by atoms with van der Waals surface area (Å²) in [7, 11) is 0. The molecule has 204 valence electrons. The standard InChI is InChI=1S/C33H39N3O3/c37-33(12-6-9-26-15-19-35(20-16-26)25-31-10-4-5-11-32(31)36(38)39)30-14-13-28-17-21-34(22-18-29(28)23-30)24-27-7-2-1-3-8-27/h1-5,7-8,10-11,13-14,23,26H,6,9,12,15-22,24-25H2. The predicted molar refractivity (Wildman–Crippen MR) is 155 cm³/mol. The number of nitrogens with zero attached hydrogens (tertiary/aromatic N) is 3. The summed E-state index contributed by atoms with van der Waals surface area (Å²) in [6.07, 6.45) is 6.82. The number of hydrogen-bond donors (Lipinski definition) is 0. The molecule has 39 heavy (non-hydrogen) atoms. The highest BCUT2D eigenvalue weighted by atomic mass is 16.6. The number of likely N-dealkylation sites (tertiary alicyclic amines) is 1. The number of rotatable bonds is 10. The van der Waals surface area contributed by atoms with E-state index in [-0.39, 0.29) is 16.4 Å². The van der Waals surface area contributed by atoms with E-state index in [1.54, 1.807) is 12.1 Å². The van der Waals surface area contributed by atoms with E-state index >= 15 is 0 Å². The van der Waals surface area contributed by atoms with Crippen LogP contribution in [0.5, 0.6) is 0 Å². The minimum absolute atomic E-state index is 0.209. The van der Waals surface area contributed by atoms with Crippen LogP contribution < -0.4 is 0 Å². The summed E-state index contributed by atoms with van der Waals surface area (Å²) in [5.41, 5.74) is 5.93. The lowest BCUT2D eigenvalue weighted by Crippen LogP contribution is -2.33. The predicted octanol–water partition coefficient (Wildman–Crippen LogP) is 6.46. The van der Waals surface area contributed by atoms with E-state index in [9.17, 15) is 14.9 Å². The number of para-hydroxylation sites is 1. The van der Waals surface area contributed by atoms with Gasteiger partial charge in [0.25, 0.3) is 5.69 Å². The molecule has 0 aromatic heterocycles. The zero-order valence-electron chi connectivity index (χ0n) is 22.8. The molecular formula is C33H39N3O3. The molecule has 3 aromatic rings. The number of Topliss-reactive ketones (excluding diaryl/α,β-unsaturated/α-hetero) is 1.